The number of anilines is 2. The van der Waals surface area contributed by atoms with Gasteiger partial charge < -0.3 is 21.7 Å². The molecule has 0 heterocycles. The Labute approximate surface area is 283 Å². The zero-order valence-electron chi connectivity index (χ0n) is 25.7. The number of carboxylic acid groups (broad SMARTS) is 2. The second-order valence-electron chi connectivity index (χ2n) is 10.6. The van der Waals surface area contributed by atoms with Crippen molar-refractivity contribution >= 4 is 91.1 Å². The van der Waals surface area contributed by atoms with Crippen molar-refractivity contribution in [2.45, 2.75) is 9.79 Å². The van der Waals surface area contributed by atoms with Gasteiger partial charge in [0.25, 0.3) is 0 Å². The predicted molar refractivity (Wildman–Crippen MR) is 194 cm³/mol. The molecule has 10 nitrogen and oxygen atoms in total. The van der Waals surface area contributed by atoms with E-state index in [1.54, 1.807) is 48.5 Å². The normalized spacial score (nSPS) is 11.6. The molecule has 0 aliphatic heterocycles. The minimum Gasteiger partial charge on any atom is -0.478 e. The number of nitrogen functional groups attached to an aromatic ring is 2. The third-order valence-corrected chi connectivity index (χ3v) is 9.35. The highest BCUT2D eigenvalue weighted by molar-refractivity contribution is 7.99. The molecule has 0 amide bonds. The van der Waals surface area contributed by atoms with Gasteiger partial charge in [0, 0.05) is 20.6 Å². The Balaban J connectivity index is 1.30. The molecule has 6 rings (SSSR count). The third kappa shape index (κ3) is 6.18. The molecule has 0 saturated carbocycles. The van der Waals surface area contributed by atoms with Gasteiger partial charge in [-0.25, -0.2) is 9.59 Å². The molecule has 12 heteroatoms. The summed E-state index contributed by atoms with van der Waals surface area (Å²) >= 11 is 3.01. The van der Waals surface area contributed by atoms with Crippen molar-refractivity contribution in [2.24, 2.45) is 20.5 Å². The van der Waals surface area contributed by atoms with Crippen LogP contribution in [0.1, 0.15) is 20.7 Å². The van der Waals surface area contributed by atoms with E-state index in [2.05, 4.69) is 20.5 Å². The Morgan fingerprint density at radius 3 is 1.23 bits per heavy atom. The summed E-state index contributed by atoms with van der Waals surface area (Å²) in [4.78, 5) is 25.6. The molecule has 238 valence electrons. The van der Waals surface area contributed by atoms with E-state index in [0.717, 1.165) is 20.9 Å². The van der Waals surface area contributed by atoms with Crippen LogP contribution in [0.4, 0.5) is 34.1 Å². The maximum Gasteiger partial charge on any atom is 0.336 e. The standard InChI is InChI=1S/C36H28N6O4S2/c1-47-31-15-19(11-13-27(31)39-41-29-17-25(35(43)44)21-7-3-5-9-23(21)33(29)37)20-12-14-28(32(16-20)48-2)40-42-30-18-26(36(45)46)22-8-4-6-10-24(22)34(30)38/h3-18H,37-38H2,1-2H3,(H,43,44)(H,45,46). The van der Waals surface area contributed by atoms with Gasteiger partial charge in [-0.2, -0.15) is 0 Å². The van der Waals surface area contributed by atoms with Crippen molar-refractivity contribution in [1.29, 1.82) is 0 Å². The first kappa shape index (κ1) is 32.2. The monoisotopic (exact) mass is 672 g/mol. The summed E-state index contributed by atoms with van der Waals surface area (Å²) in [6, 6.07) is 28.6. The molecule has 0 saturated heterocycles. The smallest absolute Gasteiger partial charge is 0.336 e. The lowest BCUT2D eigenvalue weighted by Gasteiger charge is -2.11. The van der Waals surface area contributed by atoms with Gasteiger partial charge in [-0.15, -0.1) is 44.0 Å². The molecule has 0 aliphatic carbocycles. The van der Waals surface area contributed by atoms with Gasteiger partial charge in [0.2, 0.25) is 0 Å². The zero-order valence-corrected chi connectivity index (χ0v) is 27.3. The molecule has 0 spiro atoms. The van der Waals surface area contributed by atoms with E-state index < -0.39 is 11.9 Å². The molecule has 0 aromatic heterocycles. The Bertz CT molecular complexity index is 2160. The van der Waals surface area contributed by atoms with Crippen molar-refractivity contribution in [1.82, 2.24) is 0 Å². The van der Waals surface area contributed by atoms with E-state index in [1.807, 2.05) is 48.9 Å². The van der Waals surface area contributed by atoms with Crippen LogP contribution in [0.2, 0.25) is 0 Å². The van der Waals surface area contributed by atoms with Crippen LogP contribution in [0, 0.1) is 0 Å². The molecule has 0 aliphatic rings. The van der Waals surface area contributed by atoms with Gasteiger partial charge in [0.05, 0.1) is 33.9 Å². The fourth-order valence-electron chi connectivity index (χ4n) is 5.38. The highest BCUT2D eigenvalue weighted by Crippen LogP contribution is 2.40. The summed E-state index contributed by atoms with van der Waals surface area (Å²) in [5.74, 6) is -2.14. The zero-order chi connectivity index (χ0) is 33.9. The highest BCUT2D eigenvalue weighted by atomic mass is 32.2. The third-order valence-electron chi connectivity index (χ3n) is 7.81. The van der Waals surface area contributed by atoms with Gasteiger partial charge in [-0.1, -0.05) is 60.7 Å². The topological polar surface area (TPSA) is 176 Å². The summed E-state index contributed by atoms with van der Waals surface area (Å²) in [6.45, 7) is 0. The summed E-state index contributed by atoms with van der Waals surface area (Å²) in [7, 11) is 0. The minimum absolute atomic E-state index is 0.104. The van der Waals surface area contributed by atoms with Crippen LogP contribution in [-0.2, 0) is 0 Å². The summed E-state index contributed by atoms with van der Waals surface area (Å²) in [5.41, 5.74) is 17.3. The number of azo groups is 2. The quantitative estimate of drug-likeness (QED) is 0.0666. The Morgan fingerprint density at radius 2 is 0.875 bits per heavy atom. The van der Waals surface area contributed by atoms with Crippen LogP contribution < -0.4 is 11.5 Å². The molecule has 6 aromatic rings. The largest absolute Gasteiger partial charge is 0.478 e. The van der Waals surface area contributed by atoms with E-state index in [1.165, 1.54) is 35.7 Å². The molecule has 0 fully saturated rings. The lowest BCUT2D eigenvalue weighted by atomic mass is 10.0. The number of carbonyl (C=O) groups is 2. The fourth-order valence-corrected chi connectivity index (χ4v) is 6.51. The number of carboxylic acids is 2. The number of rotatable bonds is 9. The predicted octanol–water partition coefficient (Wildman–Crippen LogP) is 10.5. The van der Waals surface area contributed by atoms with Crippen LogP contribution in [0.15, 0.2) is 127 Å². The number of benzene rings is 6. The summed E-state index contributed by atoms with van der Waals surface area (Å²) in [6.07, 6.45) is 3.88. The maximum absolute atomic E-state index is 11.9. The molecule has 0 atom stereocenters. The van der Waals surface area contributed by atoms with E-state index in [-0.39, 0.29) is 22.5 Å². The van der Waals surface area contributed by atoms with Crippen LogP contribution in [0.3, 0.4) is 0 Å². The summed E-state index contributed by atoms with van der Waals surface area (Å²) in [5, 5.41) is 39.4. The molecule has 6 aromatic carbocycles. The molecule has 0 unspecified atom stereocenters. The van der Waals surface area contributed by atoms with Gasteiger partial charge in [0.1, 0.15) is 11.4 Å². The number of nitrogens with two attached hydrogens (primary N) is 2. The second-order valence-corrected chi connectivity index (χ2v) is 12.3. The van der Waals surface area contributed by atoms with Crippen molar-refractivity contribution < 1.29 is 19.8 Å². The number of hydrogen-bond donors (Lipinski definition) is 4. The molecule has 48 heavy (non-hydrogen) atoms. The number of aromatic carboxylic acids is 2. The average Bonchev–Trinajstić information content (AvgIpc) is 3.10. The molecular weight excluding hydrogens is 645 g/mol. The lowest BCUT2D eigenvalue weighted by molar-refractivity contribution is 0.0688. The van der Waals surface area contributed by atoms with Gasteiger partial charge in [-0.05, 0) is 70.8 Å². The van der Waals surface area contributed by atoms with Crippen LogP contribution in [0.5, 0.6) is 0 Å². The van der Waals surface area contributed by atoms with Crippen LogP contribution in [0.25, 0.3) is 32.7 Å². The second kappa shape index (κ2) is 13.6. The number of hydrogen-bond acceptors (Lipinski definition) is 10. The highest BCUT2D eigenvalue weighted by Gasteiger charge is 2.16. The van der Waals surface area contributed by atoms with Crippen molar-refractivity contribution in [2.75, 3.05) is 24.0 Å². The van der Waals surface area contributed by atoms with E-state index in [9.17, 15) is 19.8 Å². The van der Waals surface area contributed by atoms with Gasteiger partial charge in [-0.3, -0.25) is 0 Å². The molecule has 0 radical (unpaired) electrons. The van der Waals surface area contributed by atoms with Gasteiger partial charge >= 0.3 is 11.9 Å². The molecule has 6 N–H and O–H groups in total. The van der Waals surface area contributed by atoms with Gasteiger partial charge in [0.15, 0.2) is 0 Å². The number of nitrogens with zero attached hydrogens (tertiary/aromatic N) is 4. The Hall–Kier alpha value is -5.72. The fraction of sp³-hybridized carbons (Fsp3) is 0.0556. The minimum atomic E-state index is -1.07. The average molecular weight is 673 g/mol. The van der Waals surface area contributed by atoms with Crippen LogP contribution >= 0.6 is 23.5 Å². The molecule has 0 bridgehead atoms. The summed E-state index contributed by atoms with van der Waals surface area (Å²) < 4.78 is 0. The van der Waals surface area contributed by atoms with E-state index >= 15 is 0 Å². The maximum atomic E-state index is 11.9. The number of fused-ring (bicyclic) bond motifs is 2. The number of thioether (sulfide) groups is 2. The van der Waals surface area contributed by atoms with Crippen molar-refractivity contribution in [3.63, 3.8) is 0 Å². The molecular formula is C36H28N6O4S2. The Morgan fingerprint density at radius 1 is 0.521 bits per heavy atom. The van der Waals surface area contributed by atoms with Crippen LogP contribution in [-0.4, -0.2) is 34.7 Å². The van der Waals surface area contributed by atoms with E-state index in [4.69, 9.17) is 11.5 Å². The first-order valence-electron chi connectivity index (χ1n) is 14.5. The first-order chi connectivity index (χ1) is 23.2. The SMILES string of the molecule is CSc1cc(-c2ccc(N=Nc3cc(C(=O)O)c4ccccc4c3N)c(SC)c2)ccc1N=Nc1cc(C(=O)O)c2ccccc2c1N. The van der Waals surface area contributed by atoms with E-state index in [0.29, 0.717) is 44.3 Å². The Kier molecular flexibility index (Phi) is 9.10. The first-order valence-corrected chi connectivity index (χ1v) is 16.9. The van der Waals surface area contributed by atoms with Crippen molar-refractivity contribution in [3.8, 4) is 11.1 Å². The lowest BCUT2D eigenvalue weighted by Crippen LogP contribution is -1.99. The van der Waals surface area contributed by atoms with Crippen molar-refractivity contribution in [3.05, 3.63) is 108 Å².